The molecule has 0 saturated carbocycles. The van der Waals surface area contributed by atoms with Crippen LogP contribution >= 0.6 is 11.8 Å². The first kappa shape index (κ1) is 11.8. The van der Waals surface area contributed by atoms with Gasteiger partial charge < -0.3 is 9.47 Å². The van der Waals surface area contributed by atoms with Crippen molar-refractivity contribution in [3.63, 3.8) is 0 Å². The molecule has 0 N–H and O–H groups in total. The molecule has 5 heteroatoms. The van der Waals surface area contributed by atoms with Gasteiger partial charge in [-0.05, 0) is 10.8 Å². The number of hydrogen-bond acceptors (Lipinski definition) is 5. The molecule has 0 saturated heterocycles. The third kappa shape index (κ3) is 7.14. The second-order valence-electron chi connectivity index (χ2n) is 1.79. The standard InChI is InChI=1S/C8H10O4S/c1-11-7(9)3-5-13-6-4-8(10)12-2/h3-6H,1-2H3/b5-3+,6-4?. The maximum atomic E-state index is 10.5. The first-order valence-corrected chi connectivity index (χ1v) is 4.29. The number of carbonyl (C=O) groups excluding carboxylic acids is 2. The Morgan fingerprint density at radius 2 is 1.38 bits per heavy atom. The summed E-state index contributed by atoms with van der Waals surface area (Å²) in [6.45, 7) is 0. The number of rotatable bonds is 4. The van der Waals surface area contributed by atoms with Crippen molar-refractivity contribution in [2.75, 3.05) is 14.2 Å². The second-order valence-corrected chi connectivity index (χ2v) is 2.60. The van der Waals surface area contributed by atoms with Crippen LogP contribution in [-0.4, -0.2) is 26.2 Å². The molecule has 13 heavy (non-hydrogen) atoms. The maximum Gasteiger partial charge on any atom is 0.330 e. The Balaban J connectivity index is 3.66. The van der Waals surface area contributed by atoms with E-state index in [4.69, 9.17) is 0 Å². The lowest BCUT2D eigenvalue weighted by molar-refractivity contribution is -0.135. The summed E-state index contributed by atoms with van der Waals surface area (Å²) in [7, 11) is 2.59. The molecule has 72 valence electrons. The van der Waals surface area contributed by atoms with Gasteiger partial charge in [0.15, 0.2) is 0 Å². The number of ether oxygens (including phenoxy) is 2. The van der Waals surface area contributed by atoms with Crippen molar-refractivity contribution in [1.29, 1.82) is 0 Å². The topological polar surface area (TPSA) is 52.6 Å². The molecule has 0 amide bonds. The minimum absolute atomic E-state index is 0.432. The molecule has 0 unspecified atom stereocenters. The van der Waals surface area contributed by atoms with Gasteiger partial charge in [-0.3, -0.25) is 0 Å². The van der Waals surface area contributed by atoms with Crippen molar-refractivity contribution in [3.05, 3.63) is 23.0 Å². The Bertz CT molecular complexity index is 208. The SMILES string of the molecule is COC(=O)C=CS/C=C/C(=O)OC. The molecule has 0 atom stereocenters. The summed E-state index contributed by atoms with van der Waals surface area (Å²) in [5.74, 6) is -0.863. The minimum atomic E-state index is -0.432. The zero-order chi connectivity index (χ0) is 10.1. The van der Waals surface area contributed by atoms with Crippen molar-refractivity contribution < 1.29 is 19.1 Å². The molecule has 0 aromatic carbocycles. The number of thioether (sulfide) groups is 1. The van der Waals surface area contributed by atoms with Crippen molar-refractivity contribution in [3.8, 4) is 0 Å². The number of methoxy groups -OCH3 is 2. The summed E-state index contributed by atoms with van der Waals surface area (Å²) in [5, 5.41) is 3.01. The molecular formula is C8H10O4S. The molecule has 0 aliphatic rings. The normalized spacial score (nSPS) is 10.6. The van der Waals surface area contributed by atoms with E-state index in [0.29, 0.717) is 0 Å². The fourth-order valence-corrected chi connectivity index (χ4v) is 0.841. The van der Waals surface area contributed by atoms with Gasteiger partial charge in [-0.1, -0.05) is 0 Å². The zero-order valence-electron chi connectivity index (χ0n) is 7.35. The number of carbonyl (C=O) groups is 2. The van der Waals surface area contributed by atoms with Crippen LogP contribution in [0.4, 0.5) is 0 Å². The van der Waals surface area contributed by atoms with E-state index in [2.05, 4.69) is 9.47 Å². The quantitative estimate of drug-likeness (QED) is 0.504. The molecule has 0 aliphatic carbocycles. The summed E-state index contributed by atoms with van der Waals surface area (Å²) in [6.07, 6.45) is 2.51. The highest BCUT2D eigenvalue weighted by molar-refractivity contribution is 8.04. The molecule has 0 aromatic heterocycles. The molecule has 0 bridgehead atoms. The smallest absolute Gasteiger partial charge is 0.330 e. The Morgan fingerprint density at radius 3 is 1.69 bits per heavy atom. The van der Waals surface area contributed by atoms with Gasteiger partial charge in [0.05, 0.1) is 14.2 Å². The van der Waals surface area contributed by atoms with E-state index >= 15 is 0 Å². The summed E-state index contributed by atoms with van der Waals surface area (Å²) in [4.78, 5) is 21.1. The van der Waals surface area contributed by atoms with Crippen LogP contribution in [0.25, 0.3) is 0 Å². The molecule has 4 nitrogen and oxygen atoms in total. The van der Waals surface area contributed by atoms with E-state index in [1.165, 1.54) is 48.9 Å². The number of hydrogen-bond donors (Lipinski definition) is 0. The molecule has 0 rings (SSSR count). The van der Waals surface area contributed by atoms with Crippen molar-refractivity contribution in [2.45, 2.75) is 0 Å². The zero-order valence-corrected chi connectivity index (χ0v) is 8.17. The van der Waals surface area contributed by atoms with E-state index in [1.54, 1.807) is 0 Å². The van der Waals surface area contributed by atoms with E-state index in [1.807, 2.05) is 0 Å². The molecule has 0 radical (unpaired) electrons. The highest BCUT2D eigenvalue weighted by atomic mass is 32.2. The summed E-state index contributed by atoms with van der Waals surface area (Å²) >= 11 is 1.18. The van der Waals surface area contributed by atoms with Gasteiger partial charge in [0.25, 0.3) is 0 Å². The Kier molecular flexibility index (Phi) is 6.72. The molecule has 0 heterocycles. The summed E-state index contributed by atoms with van der Waals surface area (Å²) in [6, 6.07) is 0. The maximum absolute atomic E-state index is 10.5. The third-order valence-corrected chi connectivity index (χ3v) is 1.55. The Morgan fingerprint density at radius 1 is 1.00 bits per heavy atom. The van der Waals surface area contributed by atoms with Crippen LogP contribution in [0.3, 0.4) is 0 Å². The lowest BCUT2D eigenvalue weighted by Gasteiger charge is -1.88. The summed E-state index contributed by atoms with van der Waals surface area (Å²) < 4.78 is 8.69. The first-order chi connectivity index (χ1) is 6.20. The lowest BCUT2D eigenvalue weighted by atomic mass is 10.7. The lowest BCUT2D eigenvalue weighted by Crippen LogP contribution is -1.93. The van der Waals surface area contributed by atoms with Crippen molar-refractivity contribution in [1.82, 2.24) is 0 Å². The highest BCUT2D eigenvalue weighted by Gasteiger charge is 1.90. The second kappa shape index (κ2) is 7.42. The number of esters is 2. The van der Waals surface area contributed by atoms with Gasteiger partial charge >= 0.3 is 11.9 Å². The van der Waals surface area contributed by atoms with Gasteiger partial charge in [0.2, 0.25) is 0 Å². The van der Waals surface area contributed by atoms with E-state index in [-0.39, 0.29) is 0 Å². The van der Waals surface area contributed by atoms with Crippen LogP contribution in [0.2, 0.25) is 0 Å². The minimum Gasteiger partial charge on any atom is -0.466 e. The molecule has 0 spiro atoms. The molecule has 0 fully saturated rings. The van der Waals surface area contributed by atoms with Gasteiger partial charge in [0, 0.05) is 12.2 Å². The van der Waals surface area contributed by atoms with Crippen LogP contribution in [0.5, 0.6) is 0 Å². The van der Waals surface area contributed by atoms with E-state index in [0.717, 1.165) is 0 Å². The predicted molar refractivity (Wildman–Crippen MR) is 49.9 cm³/mol. The molecule has 0 aliphatic heterocycles. The molecule has 0 aromatic rings. The van der Waals surface area contributed by atoms with Gasteiger partial charge in [-0.2, -0.15) is 0 Å². The van der Waals surface area contributed by atoms with Gasteiger partial charge in [0.1, 0.15) is 0 Å². The van der Waals surface area contributed by atoms with Crippen molar-refractivity contribution >= 4 is 23.7 Å². The van der Waals surface area contributed by atoms with Crippen LogP contribution in [0.15, 0.2) is 23.0 Å². The van der Waals surface area contributed by atoms with Crippen LogP contribution < -0.4 is 0 Å². The van der Waals surface area contributed by atoms with Crippen LogP contribution in [0.1, 0.15) is 0 Å². The average molecular weight is 202 g/mol. The van der Waals surface area contributed by atoms with Crippen molar-refractivity contribution in [2.24, 2.45) is 0 Å². The van der Waals surface area contributed by atoms with E-state index in [9.17, 15) is 9.59 Å². The van der Waals surface area contributed by atoms with Crippen LogP contribution in [0, 0.1) is 0 Å². The van der Waals surface area contributed by atoms with E-state index < -0.39 is 11.9 Å². The Labute approximate surface area is 80.6 Å². The predicted octanol–water partition coefficient (Wildman–Crippen LogP) is 1.09. The average Bonchev–Trinajstić information content (AvgIpc) is 2.16. The summed E-state index contributed by atoms with van der Waals surface area (Å²) in [5.41, 5.74) is 0. The molecular weight excluding hydrogens is 192 g/mol. The fraction of sp³-hybridized carbons (Fsp3) is 0.250. The highest BCUT2D eigenvalue weighted by Crippen LogP contribution is 2.03. The monoisotopic (exact) mass is 202 g/mol. The Hall–Kier alpha value is -1.23. The third-order valence-electron chi connectivity index (χ3n) is 0.968. The fourth-order valence-electron chi connectivity index (χ4n) is 0.371. The largest absolute Gasteiger partial charge is 0.466 e. The van der Waals surface area contributed by atoms with Crippen LogP contribution in [-0.2, 0) is 19.1 Å². The van der Waals surface area contributed by atoms with Gasteiger partial charge in [-0.25, -0.2) is 9.59 Å². The van der Waals surface area contributed by atoms with Gasteiger partial charge in [-0.15, -0.1) is 11.8 Å². The first-order valence-electron chi connectivity index (χ1n) is 3.35.